The van der Waals surface area contributed by atoms with E-state index in [0.717, 1.165) is 12.1 Å². The predicted octanol–water partition coefficient (Wildman–Crippen LogP) is -2.13. The highest BCUT2D eigenvalue weighted by molar-refractivity contribution is 5.89. The second-order valence-corrected chi connectivity index (χ2v) is 9.91. The number of aliphatic hydroxyl groups excluding tert-OH is 7. The van der Waals surface area contributed by atoms with E-state index in [1.54, 1.807) is 30.3 Å². The lowest BCUT2D eigenvalue weighted by atomic mass is 9.97. The van der Waals surface area contributed by atoms with Crippen LogP contribution in [0.5, 0.6) is 17.2 Å². The molecule has 3 aromatic rings. The van der Waals surface area contributed by atoms with Gasteiger partial charge >= 0.3 is 0 Å². The van der Waals surface area contributed by atoms with Crippen LogP contribution in [-0.4, -0.2) is 121 Å². The molecule has 0 amide bonds. The standard InChI is InChI=1S/C27H30O15/c28-8-15-19(32)21(34)23(36)27(40-15)42-25-16(9-29)41-26(24(37)22(25)35)39-14-7-13-17(20(33)18(14)31)11(30)6-12(38-13)10-4-2-1-3-5-10/h1-7,15-16,19,21-29,31-37H,8-9H2/t15-,16-,19-,21+,22-,23-,24-,25-,26?,27?/m1/s1. The molecule has 15 nitrogen and oxygen atoms in total. The van der Waals surface area contributed by atoms with Gasteiger partial charge in [-0.25, -0.2) is 0 Å². The molecule has 5 rings (SSSR count). The van der Waals surface area contributed by atoms with Crippen LogP contribution in [0.15, 0.2) is 51.7 Å². The molecule has 2 aliphatic heterocycles. The molecule has 228 valence electrons. The fourth-order valence-corrected chi connectivity index (χ4v) is 4.88. The molecular weight excluding hydrogens is 564 g/mol. The SMILES string of the molecule is O=c1cc(-c2ccccc2)oc2cc(OC3O[C@H](CO)[C@@H](OC4O[C@H](CO)[C@@H](O)[C@H](O)[C@H]4O)[C@H](O)[C@H]3O)c(O)c(O)c12. The fourth-order valence-electron chi connectivity index (χ4n) is 4.88. The summed E-state index contributed by atoms with van der Waals surface area (Å²) < 4.78 is 27.6. The van der Waals surface area contributed by atoms with Crippen LogP contribution >= 0.6 is 0 Å². The largest absolute Gasteiger partial charge is 0.504 e. The number of hydrogen-bond donors (Lipinski definition) is 9. The minimum atomic E-state index is -1.93. The predicted molar refractivity (Wildman–Crippen MR) is 138 cm³/mol. The van der Waals surface area contributed by atoms with E-state index in [1.807, 2.05) is 0 Å². The second kappa shape index (κ2) is 12.1. The number of hydrogen-bond acceptors (Lipinski definition) is 15. The molecule has 15 heteroatoms. The zero-order valence-corrected chi connectivity index (χ0v) is 21.7. The number of phenolic OH excluding ortho intramolecular Hbond substituents is 2. The van der Waals surface area contributed by atoms with Crippen LogP contribution in [0, 0.1) is 0 Å². The average molecular weight is 595 g/mol. The lowest BCUT2D eigenvalue weighted by Gasteiger charge is -2.45. The molecular formula is C27H30O15. The second-order valence-electron chi connectivity index (χ2n) is 9.91. The molecule has 0 spiro atoms. The van der Waals surface area contributed by atoms with Gasteiger partial charge in [-0.1, -0.05) is 30.3 Å². The molecule has 2 saturated heterocycles. The van der Waals surface area contributed by atoms with Crippen molar-refractivity contribution in [1.29, 1.82) is 0 Å². The zero-order valence-electron chi connectivity index (χ0n) is 21.7. The van der Waals surface area contributed by atoms with Crippen molar-refractivity contribution in [1.82, 2.24) is 0 Å². The van der Waals surface area contributed by atoms with Crippen molar-refractivity contribution < 1.29 is 69.3 Å². The van der Waals surface area contributed by atoms with Gasteiger partial charge in [0.15, 0.2) is 23.2 Å². The number of rotatable bonds is 7. The lowest BCUT2D eigenvalue weighted by molar-refractivity contribution is -0.352. The highest BCUT2D eigenvalue weighted by Gasteiger charge is 2.51. The number of fused-ring (bicyclic) bond motifs is 1. The molecule has 0 saturated carbocycles. The van der Waals surface area contributed by atoms with Crippen molar-refractivity contribution >= 4 is 11.0 Å². The van der Waals surface area contributed by atoms with Gasteiger partial charge in [-0.05, 0) is 0 Å². The summed E-state index contributed by atoms with van der Waals surface area (Å²) >= 11 is 0. The van der Waals surface area contributed by atoms with Gasteiger partial charge in [0.05, 0.1) is 13.2 Å². The Kier molecular flexibility index (Phi) is 8.68. The van der Waals surface area contributed by atoms with E-state index in [4.69, 9.17) is 23.4 Å². The van der Waals surface area contributed by atoms with E-state index in [9.17, 15) is 50.8 Å². The fraction of sp³-hybridized carbons (Fsp3) is 0.444. The molecule has 0 aliphatic carbocycles. The number of benzene rings is 2. The third-order valence-corrected chi connectivity index (χ3v) is 7.19. The van der Waals surface area contributed by atoms with E-state index in [1.165, 1.54) is 0 Å². The van der Waals surface area contributed by atoms with Gasteiger partial charge in [-0.15, -0.1) is 0 Å². The summed E-state index contributed by atoms with van der Waals surface area (Å²) in [5, 5.41) is 91.9. The molecule has 2 fully saturated rings. The highest BCUT2D eigenvalue weighted by atomic mass is 16.7. The molecule has 9 N–H and O–H groups in total. The van der Waals surface area contributed by atoms with Crippen LogP contribution in [0.25, 0.3) is 22.3 Å². The zero-order chi connectivity index (χ0) is 30.3. The van der Waals surface area contributed by atoms with E-state index in [-0.39, 0.29) is 16.7 Å². The molecule has 10 atom stereocenters. The minimum absolute atomic E-state index is 0.155. The van der Waals surface area contributed by atoms with Gasteiger partial charge in [0.1, 0.15) is 65.6 Å². The van der Waals surface area contributed by atoms with Crippen molar-refractivity contribution in [2.75, 3.05) is 13.2 Å². The molecule has 42 heavy (non-hydrogen) atoms. The Morgan fingerprint density at radius 1 is 0.738 bits per heavy atom. The summed E-state index contributed by atoms with van der Waals surface area (Å²) in [5.41, 5.74) is -0.288. The summed E-state index contributed by atoms with van der Waals surface area (Å²) in [6, 6.07) is 10.8. The van der Waals surface area contributed by atoms with Crippen LogP contribution < -0.4 is 10.2 Å². The van der Waals surface area contributed by atoms with Crippen molar-refractivity contribution in [2.45, 2.75) is 61.4 Å². The summed E-state index contributed by atoms with van der Waals surface area (Å²) in [6.45, 7) is -1.57. The molecule has 2 aromatic carbocycles. The molecule has 0 bridgehead atoms. The maximum Gasteiger partial charge on any atom is 0.229 e. The van der Waals surface area contributed by atoms with Crippen LogP contribution in [-0.2, 0) is 14.2 Å². The summed E-state index contributed by atoms with van der Waals surface area (Å²) in [6.07, 6.45) is -17.0. The maximum absolute atomic E-state index is 12.7. The van der Waals surface area contributed by atoms with Gasteiger partial charge in [0.2, 0.25) is 12.0 Å². The lowest BCUT2D eigenvalue weighted by Crippen LogP contribution is -2.65. The highest BCUT2D eigenvalue weighted by Crippen LogP contribution is 2.43. The molecule has 2 aliphatic rings. The molecule has 3 heterocycles. The number of aromatic hydroxyl groups is 2. The van der Waals surface area contributed by atoms with Gasteiger partial charge in [0.25, 0.3) is 0 Å². The Hall–Kier alpha value is -3.35. The number of ether oxygens (including phenoxy) is 4. The number of phenols is 2. The minimum Gasteiger partial charge on any atom is -0.504 e. The quantitative estimate of drug-likeness (QED) is 0.133. The molecule has 2 unspecified atom stereocenters. The average Bonchev–Trinajstić information content (AvgIpc) is 2.99. The first-order chi connectivity index (χ1) is 20.0. The van der Waals surface area contributed by atoms with E-state index < -0.39 is 97.3 Å². The molecule has 0 radical (unpaired) electrons. The summed E-state index contributed by atoms with van der Waals surface area (Å²) in [4.78, 5) is 12.7. The normalized spacial score (nSPS) is 33.5. The van der Waals surface area contributed by atoms with Gasteiger partial charge < -0.3 is 69.3 Å². The Morgan fingerprint density at radius 2 is 1.38 bits per heavy atom. The Balaban J connectivity index is 1.40. The van der Waals surface area contributed by atoms with Crippen LogP contribution in [0.1, 0.15) is 0 Å². The topological polar surface area (TPSA) is 249 Å². The van der Waals surface area contributed by atoms with Crippen molar-refractivity contribution in [2.24, 2.45) is 0 Å². The van der Waals surface area contributed by atoms with Crippen molar-refractivity contribution in [3.8, 4) is 28.6 Å². The van der Waals surface area contributed by atoms with Gasteiger partial charge in [-0.3, -0.25) is 4.79 Å². The Bertz CT molecular complexity index is 1440. The van der Waals surface area contributed by atoms with Crippen molar-refractivity contribution in [3.63, 3.8) is 0 Å². The third-order valence-electron chi connectivity index (χ3n) is 7.19. The smallest absolute Gasteiger partial charge is 0.229 e. The molecule has 1 aromatic heterocycles. The van der Waals surface area contributed by atoms with Gasteiger partial charge in [0, 0.05) is 17.7 Å². The van der Waals surface area contributed by atoms with Crippen LogP contribution in [0.3, 0.4) is 0 Å². The summed E-state index contributed by atoms with van der Waals surface area (Å²) in [7, 11) is 0. The van der Waals surface area contributed by atoms with Crippen LogP contribution in [0.4, 0.5) is 0 Å². The third kappa shape index (κ3) is 5.43. The maximum atomic E-state index is 12.7. The van der Waals surface area contributed by atoms with Crippen molar-refractivity contribution in [3.05, 3.63) is 52.7 Å². The first-order valence-electron chi connectivity index (χ1n) is 12.9. The van der Waals surface area contributed by atoms with Gasteiger partial charge in [-0.2, -0.15) is 0 Å². The monoisotopic (exact) mass is 594 g/mol. The van der Waals surface area contributed by atoms with E-state index in [2.05, 4.69) is 0 Å². The van der Waals surface area contributed by atoms with E-state index in [0.29, 0.717) is 5.56 Å². The van der Waals surface area contributed by atoms with E-state index >= 15 is 0 Å². The summed E-state index contributed by atoms with van der Waals surface area (Å²) in [5.74, 6) is -2.12. The first kappa shape index (κ1) is 30.1. The first-order valence-corrected chi connectivity index (χ1v) is 12.9. The Morgan fingerprint density at radius 3 is 2.05 bits per heavy atom. The Labute approximate surface area is 236 Å². The van der Waals surface area contributed by atoms with Crippen LogP contribution in [0.2, 0.25) is 0 Å². The number of aliphatic hydroxyl groups is 7.